The normalized spacial score (nSPS) is 10.4. The molecule has 0 saturated heterocycles. The minimum atomic E-state index is -0.000437. The van der Waals surface area contributed by atoms with Gasteiger partial charge in [0.1, 0.15) is 5.75 Å². The van der Waals surface area contributed by atoms with Crippen LogP contribution in [0, 0.1) is 6.92 Å². The van der Waals surface area contributed by atoms with Gasteiger partial charge in [0.05, 0.1) is 13.7 Å². The summed E-state index contributed by atoms with van der Waals surface area (Å²) in [7, 11) is 1.60. The molecular formula is C14H14ClNO2. The van der Waals surface area contributed by atoms with Crippen molar-refractivity contribution in [2.75, 3.05) is 7.11 Å². The van der Waals surface area contributed by atoms with Gasteiger partial charge in [0.15, 0.2) is 0 Å². The van der Waals surface area contributed by atoms with Gasteiger partial charge in [0.2, 0.25) is 0 Å². The van der Waals surface area contributed by atoms with Gasteiger partial charge >= 0.3 is 0 Å². The lowest BCUT2D eigenvalue weighted by atomic mass is 10.2. The second-order valence-electron chi connectivity index (χ2n) is 4.08. The second kappa shape index (κ2) is 5.27. The highest BCUT2D eigenvalue weighted by Gasteiger charge is 2.06. The van der Waals surface area contributed by atoms with Crippen LogP contribution in [0.25, 0.3) is 0 Å². The van der Waals surface area contributed by atoms with E-state index in [9.17, 15) is 4.79 Å². The zero-order chi connectivity index (χ0) is 13.1. The Morgan fingerprint density at radius 2 is 2.11 bits per heavy atom. The second-order valence-corrected chi connectivity index (χ2v) is 4.52. The Hall–Kier alpha value is -1.74. The predicted molar refractivity (Wildman–Crippen MR) is 72.5 cm³/mol. The Bertz CT molecular complexity index is 619. The molecule has 1 heterocycles. The van der Waals surface area contributed by atoms with Gasteiger partial charge in [-0.25, -0.2) is 0 Å². The summed E-state index contributed by atoms with van der Waals surface area (Å²) < 4.78 is 6.91. The Morgan fingerprint density at radius 1 is 1.33 bits per heavy atom. The number of methoxy groups -OCH3 is 1. The van der Waals surface area contributed by atoms with Crippen molar-refractivity contribution in [2.24, 2.45) is 0 Å². The zero-order valence-electron chi connectivity index (χ0n) is 10.3. The van der Waals surface area contributed by atoms with Crippen LogP contribution in [0.1, 0.15) is 11.1 Å². The molecule has 0 aliphatic rings. The SMILES string of the molecule is COc1ccc(Cl)cc1Cn1cccc(C)c1=O. The average Bonchev–Trinajstić information content (AvgIpc) is 2.35. The Kier molecular flexibility index (Phi) is 3.72. The molecule has 2 aromatic rings. The minimum Gasteiger partial charge on any atom is -0.496 e. The summed E-state index contributed by atoms with van der Waals surface area (Å²) in [4.78, 5) is 11.9. The van der Waals surface area contributed by atoms with Crippen LogP contribution in [0.2, 0.25) is 5.02 Å². The first-order valence-electron chi connectivity index (χ1n) is 5.60. The fraction of sp³-hybridized carbons (Fsp3) is 0.214. The smallest absolute Gasteiger partial charge is 0.253 e. The van der Waals surface area contributed by atoms with Crippen molar-refractivity contribution in [3.8, 4) is 5.75 Å². The van der Waals surface area contributed by atoms with Gasteiger partial charge in [-0.2, -0.15) is 0 Å². The molecule has 4 heteroatoms. The van der Waals surface area contributed by atoms with E-state index in [-0.39, 0.29) is 5.56 Å². The van der Waals surface area contributed by atoms with E-state index < -0.39 is 0 Å². The van der Waals surface area contributed by atoms with Gasteiger partial charge in [0.25, 0.3) is 5.56 Å². The molecule has 0 aliphatic heterocycles. The summed E-state index contributed by atoms with van der Waals surface area (Å²) in [5.74, 6) is 0.729. The van der Waals surface area contributed by atoms with E-state index in [4.69, 9.17) is 16.3 Å². The van der Waals surface area contributed by atoms with Gasteiger partial charge in [-0.3, -0.25) is 4.79 Å². The maximum absolute atomic E-state index is 11.9. The van der Waals surface area contributed by atoms with Crippen molar-refractivity contribution in [1.29, 1.82) is 0 Å². The molecule has 2 rings (SSSR count). The number of hydrogen-bond donors (Lipinski definition) is 0. The highest BCUT2D eigenvalue weighted by atomic mass is 35.5. The predicted octanol–water partition coefficient (Wildman–Crippen LogP) is 2.87. The third-order valence-corrected chi connectivity index (χ3v) is 3.03. The quantitative estimate of drug-likeness (QED) is 0.853. The third kappa shape index (κ3) is 2.57. The number of aryl methyl sites for hydroxylation is 1. The number of pyridine rings is 1. The summed E-state index contributed by atoms with van der Waals surface area (Å²) in [5.41, 5.74) is 1.61. The van der Waals surface area contributed by atoms with Crippen LogP contribution in [-0.4, -0.2) is 11.7 Å². The Balaban J connectivity index is 2.42. The van der Waals surface area contributed by atoms with Gasteiger partial charge in [-0.1, -0.05) is 17.7 Å². The number of benzene rings is 1. The number of aromatic nitrogens is 1. The first-order chi connectivity index (χ1) is 8.61. The van der Waals surface area contributed by atoms with Crippen molar-refractivity contribution < 1.29 is 4.74 Å². The van der Waals surface area contributed by atoms with Crippen LogP contribution in [0.5, 0.6) is 5.75 Å². The van der Waals surface area contributed by atoms with Crippen LogP contribution in [0.15, 0.2) is 41.3 Å². The third-order valence-electron chi connectivity index (χ3n) is 2.79. The first kappa shape index (κ1) is 12.7. The lowest BCUT2D eigenvalue weighted by Gasteiger charge is -2.11. The zero-order valence-corrected chi connectivity index (χ0v) is 11.1. The molecule has 3 nitrogen and oxygen atoms in total. The molecule has 0 saturated carbocycles. The van der Waals surface area contributed by atoms with Crippen LogP contribution in [0.3, 0.4) is 0 Å². The molecule has 0 fully saturated rings. The van der Waals surface area contributed by atoms with Crippen LogP contribution in [-0.2, 0) is 6.54 Å². The molecular weight excluding hydrogens is 250 g/mol. The van der Waals surface area contributed by atoms with E-state index in [0.717, 1.165) is 16.9 Å². The highest BCUT2D eigenvalue weighted by Crippen LogP contribution is 2.23. The lowest BCUT2D eigenvalue weighted by molar-refractivity contribution is 0.408. The first-order valence-corrected chi connectivity index (χ1v) is 5.98. The maximum Gasteiger partial charge on any atom is 0.253 e. The molecule has 1 aromatic heterocycles. The van der Waals surface area contributed by atoms with Gasteiger partial charge in [-0.15, -0.1) is 0 Å². The summed E-state index contributed by atoms with van der Waals surface area (Å²) in [6.07, 6.45) is 1.76. The van der Waals surface area contributed by atoms with Gasteiger partial charge in [-0.05, 0) is 31.2 Å². The number of rotatable bonds is 3. The molecule has 0 unspecified atom stereocenters. The minimum absolute atomic E-state index is 0.000437. The van der Waals surface area contributed by atoms with E-state index in [2.05, 4.69) is 0 Å². The summed E-state index contributed by atoms with van der Waals surface area (Å²) in [6, 6.07) is 9.04. The molecule has 1 aromatic carbocycles. The van der Waals surface area contributed by atoms with Crippen LogP contribution in [0.4, 0.5) is 0 Å². The monoisotopic (exact) mass is 263 g/mol. The molecule has 0 N–H and O–H groups in total. The van der Waals surface area contributed by atoms with E-state index in [1.165, 1.54) is 0 Å². The van der Waals surface area contributed by atoms with E-state index in [0.29, 0.717) is 11.6 Å². The molecule has 0 amide bonds. The van der Waals surface area contributed by atoms with Crippen LogP contribution < -0.4 is 10.3 Å². The fourth-order valence-corrected chi connectivity index (χ4v) is 2.03. The molecule has 0 radical (unpaired) electrons. The fourth-order valence-electron chi connectivity index (χ4n) is 1.84. The maximum atomic E-state index is 11.9. The van der Waals surface area contributed by atoms with Crippen molar-refractivity contribution in [2.45, 2.75) is 13.5 Å². The molecule has 0 aliphatic carbocycles. The lowest BCUT2D eigenvalue weighted by Crippen LogP contribution is -2.21. The largest absolute Gasteiger partial charge is 0.496 e. The highest BCUT2D eigenvalue weighted by molar-refractivity contribution is 6.30. The standard InChI is InChI=1S/C14H14ClNO2/c1-10-4-3-7-16(14(10)17)9-11-8-12(15)5-6-13(11)18-2/h3-8H,9H2,1-2H3. The Morgan fingerprint density at radius 3 is 2.83 bits per heavy atom. The molecule has 0 spiro atoms. The van der Waals surface area contributed by atoms with Gasteiger partial charge < -0.3 is 9.30 Å². The topological polar surface area (TPSA) is 31.2 Å². The number of nitrogens with zero attached hydrogens (tertiary/aromatic N) is 1. The van der Waals surface area contributed by atoms with E-state index in [1.807, 2.05) is 12.1 Å². The summed E-state index contributed by atoms with van der Waals surface area (Å²) in [6.45, 7) is 2.25. The molecule has 0 bridgehead atoms. The Labute approximate surface area is 111 Å². The van der Waals surface area contributed by atoms with Crippen molar-refractivity contribution in [3.05, 3.63) is 63.0 Å². The van der Waals surface area contributed by atoms with E-state index in [1.54, 1.807) is 43.0 Å². The van der Waals surface area contributed by atoms with Crippen LogP contribution >= 0.6 is 11.6 Å². The number of ether oxygens (including phenoxy) is 1. The van der Waals surface area contributed by atoms with E-state index >= 15 is 0 Å². The summed E-state index contributed by atoms with van der Waals surface area (Å²) in [5, 5.41) is 0.631. The average molecular weight is 264 g/mol. The van der Waals surface area contributed by atoms with Crippen molar-refractivity contribution in [3.63, 3.8) is 0 Å². The summed E-state index contributed by atoms with van der Waals surface area (Å²) >= 11 is 5.97. The van der Waals surface area contributed by atoms with Gasteiger partial charge in [0, 0.05) is 22.3 Å². The number of halogens is 1. The van der Waals surface area contributed by atoms with Crippen molar-refractivity contribution >= 4 is 11.6 Å². The molecule has 18 heavy (non-hydrogen) atoms. The van der Waals surface area contributed by atoms with Crippen molar-refractivity contribution in [1.82, 2.24) is 4.57 Å². The number of hydrogen-bond acceptors (Lipinski definition) is 2. The molecule has 94 valence electrons. The molecule has 0 atom stereocenters.